The third-order valence-corrected chi connectivity index (χ3v) is 4.34. The minimum atomic E-state index is 0.375. The molecule has 1 aliphatic rings. The minimum absolute atomic E-state index is 0.375. The number of Topliss-reactive ketones (excluding diaryl/α,β-unsaturated/α-hetero) is 1. The van der Waals surface area contributed by atoms with Gasteiger partial charge in [-0.05, 0) is 41.4 Å². The number of hydrogen-bond acceptors (Lipinski definition) is 3. The van der Waals surface area contributed by atoms with Gasteiger partial charge in [-0.3, -0.25) is 4.79 Å². The lowest BCUT2D eigenvalue weighted by molar-refractivity contribution is -0.119. The van der Waals surface area contributed by atoms with Crippen molar-refractivity contribution in [3.8, 4) is 0 Å². The highest BCUT2D eigenvalue weighted by Crippen LogP contribution is 2.26. The summed E-state index contributed by atoms with van der Waals surface area (Å²) in [5, 5.41) is 6.58. The van der Waals surface area contributed by atoms with E-state index < -0.39 is 0 Å². The fraction of sp³-hybridized carbons (Fsp3) is 0.357. The molecule has 1 N–H and O–H groups in total. The van der Waals surface area contributed by atoms with Crippen molar-refractivity contribution in [3.05, 3.63) is 35.2 Å². The first-order valence-electron chi connectivity index (χ1n) is 6.00. The molecule has 1 aromatic carbocycles. The van der Waals surface area contributed by atoms with Gasteiger partial charge in [0.2, 0.25) is 0 Å². The van der Waals surface area contributed by atoms with Gasteiger partial charge in [-0.15, -0.1) is 11.3 Å². The van der Waals surface area contributed by atoms with Gasteiger partial charge >= 0.3 is 0 Å². The molecule has 2 aromatic rings. The molecular formula is C14H15NOS. The molecule has 1 fully saturated rings. The quantitative estimate of drug-likeness (QED) is 0.897. The molecule has 3 heteroatoms. The number of carbonyl (C=O) groups is 1. The minimum Gasteiger partial charge on any atom is -0.316 e. The molecule has 17 heavy (non-hydrogen) atoms. The highest BCUT2D eigenvalue weighted by Gasteiger charge is 2.20. The number of carbonyl (C=O) groups excluding carboxylic acids is 1. The van der Waals surface area contributed by atoms with E-state index in [1.165, 1.54) is 15.6 Å². The van der Waals surface area contributed by atoms with E-state index in [9.17, 15) is 4.79 Å². The van der Waals surface area contributed by atoms with Gasteiger partial charge < -0.3 is 5.32 Å². The van der Waals surface area contributed by atoms with E-state index in [4.69, 9.17) is 0 Å². The van der Waals surface area contributed by atoms with Crippen LogP contribution in [-0.4, -0.2) is 18.9 Å². The molecule has 0 amide bonds. The molecule has 1 aliphatic heterocycles. The van der Waals surface area contributed by atoms with Gasteiger partial charge in [0.05, 0.1) is 0 Å². The zero-order valence-corrected chi connectivity index (χ0v) is 10.4. The summed E-state index contributed by atoms with van der Waals surface area (Å²) < 4.78 is 1.28. The average Bonchev–Trinajstić information content (AvgIpc) is 2.68. The Bertz CT molecular complexity index is 542. The fourth-order valence-corrected chi connectivity index (χ4v) is 3.23. The van der Waals surface area contributed by atoms with E-state index in [1.807, 2.05) is 12.1 Å². The predicted octanol–water partition coefficient (Wildman–Crippen LogP) is 2.62. The standard InChI is InChI=1S/C14H15NOS/c16-12(5-10-7-15-8-10)6-11-9-17-14-4-2-1-3-13(11)14/h1-4,9-10,15H,5-8H2. The van der Waals surface area contributed by atoms with Gasteiger partial charge in [-0.2, -0.15) is 0 Å². The lowest BCUT2D eigenvalue weighted by Gasteiger charge is -2.26. The Labute approximate surface area is 105 Å². The van der Waals surface area contributed by atoms with Crippen LogP contribution < -0.4 is 5.32 Å². The maximum absolute atomic E-state index is 11.9. The summed E-state index contributed by atoms with van der Waals surface area (Å²) in [6.07, 6.45) is 1.33. The van der Waals surface area contributed by atoms with Crippen molar-refractivity contribution in [2.45, 2.75) is 12.8 Å². The summed E-state index contributed by atoms with van der Waals surface area (Å²) in [7, 11) is 0. The maximum atomic E-state index is 11.9. The van der Waals surface area contributed by atoms with Gasteiger partial charge in [0, 0.05) is 17.5 Å². The Kier molecular flexibility index (Phi) is 2.95. The first-order chi connectivity index (χ1) is 8.33. The van der Waals surface area contributed by atoms with Gasteiger partial charge in [0.25, 0.3) is 0 Å². The van der Waals surface area contributed by atoms with Crippen LogP contribution in [0.2, 0.25) is 0 Å². The second kappa shape index (κ2) is 4.59. The van der Waals surface area contributed by atoms with Crippen LogP contribution in [-0.2, 0) is 11.2 Å². The molecule has 1 aromatic heterocycles. The van der Waals surface area contributed by atoms with E-state index in [-0.39, 0.29) is 0 Å². The SMILES string of the molecule is O=C(Cc1csc2ccccc12)CC1CNC1. The summed E-state index contributed by atoms with van der Waals surface area (Å²) in [5.41, 5.74) is 1.20. The molecule has 1 saturated heterocycles. The molecule has 0 spiro atoms. The molecule has 0 saturated carbocycles. The second-order valence-electron chi connectivity index (χ2n) is 4.70. The molecule has 3 rings (SSSR count). The average molecular weight is 245 g/mol. The summed E-state index contributed by atoms with van der Waals surface area (Å²) in [5.74, 6) is 0.951. The first kappa shape index (κ1) is 10.9. The third kappa shape index (κ3) is 2.26. The first-order valence-corrected chi connectivity index (χ1v) is 6.88. The van der Waals surface area contributed by atoms with Crippen molar-refractivity contribution in [2.75, 3.05) is 13.1 Å². The maximum Gasteiger partial charge on any atom is 0.137 e. The summed E-state index contributed by atoms with van der Waals surface area (Å²) in [6, 6.07) is 8.31. The summed E-state index contributed by atoms with van der Waals surface area (Å²) in [6.45, 7) is 2.02. The van der Waals surface area contributed by atoms with Crippen molar-refractivity contribution >= 4 is 27.2 Å². The van der Waals surface area contributed by atoms with Crippen LogP contribution in [0.15, 0.2) is 29.6 Å². The Hall–Kier alpha value is -1.19. The Balaban J connectivity index is 1.73. The molecule has 0 atom stereocenters. The van der Waals surface area contributed by atoms with Gasteiger partial charge in [-0.1, -0.05) is 18.2 Å². The van der Waals surface area contributed by atoms with E-state index in [1.54, 1.807) is 11.3 Å². The Morgan fingerprint density at radius 2 is 2.18 bits per heavy atom. The second-order valence-corrected chi connectivity index (χ2v) is 5.61. The van der Waals surface area contributed by atoms with Crippen LogP contribution >= 0.6 is 11.3 Å². The van der Waals surface area contributed by atoms with Gasteiger partial charge in [0.1, 0.15) is 5.78 Å². The zero-order chi connectivity index (χ0) is 11.7. The van der Waals surface area contributed by atoms with Crippen molar-refractivity contribution in [1.82, 2.24) is 5.32 Å². The van der Waals surface area contributed by atoms with E-state index in [0.29, 0.717) is 18.1 Å². The topological polar surface area (TPSA) is 29.1 Å². The van der Waals surface area contributed by atoms with Crippen LogP contribution in [0.25, 0.3) is 10.1 Å². The largest absolute Gasteiger partial charge is 0.316 e. The van der Waals surface area contributed by atoms with Gasteiger partial charge in [-0.25, -0.2) is 0 Å². The molecule has 2 heterocycles. The number of fused-ring (bicyclic) bond motifs is 1. The third-order valence-electron chi connectivity index (χ3n) is 3.33. The summed E-state index contributed by atoms with van der Waals surface area (Å²) >= 11 is 1.73. The summed E-state index contributed by atoms with van der Waals surface area (Å²) in [4.78, 5) is 11.9. The zero-order valence-electron chi connectivity index (χ0n) is 9.61. The Morgan fingerprint density at radius 1 is 1.35 bits per heavy atom. The van der Waals surface area contributed by atoms with E-state index in [0.717, 1.165) is 19.5 Å². The van der Waals surface area contributed by atoms with E-state index >= 15 is 0 Å². The van der Waals surface area contributed by atoms with E-state index in [2.05, 4.69) is 22.8 Å². The van der Waals surface area contributed by atoms with Crippen molar-refractivity contribution in [3.63, 3.8) is 0 Å². The number of ketones is 1. The highest BCUT2D eigenvalue weighted by molar-refractivity contribution is 7.17. The molecule has 0 radical (unpaired) electrons. The molecule has 0 aliphatic carbocycles. The van der Waals surface area contributed by atoms with Gasteiger partial charge in [0.15, 0.2) is 0 Å². The fourth-order valence-electron chi connectivity index (χ4n) is 2.27. The number of nitrogens with one attached hydrogen (secondary N) is 1. The number of thiophene rings is 1. The number of rotatable bonds is 4. The number of hydrogen-bond donors (Lipinski definition) is 1. The Morgan fingerprint density at radius 3 is 2.94 bits per heavy atom. The number of benzene rings is 1. The molecular weight excluding hydrogens is 230 g/mol. The highest BCUT2D eigenvalue weighted by atomic mass is 32.1. The molecule has 88 valence electrons. The van der Waals surface area contributed by atoms with Crippen LogP contribution in [0, 0.1) is 5.92 Å². The molecule has 2 nitrogen and oxygen atoms in total. The van der Waals surface area contributed by atoms with Crippen LogP contribution in [0.1, 0.15) is 12.0 Å². The molecule has 0 unspecified atom stereocenters. The smallest absolute Gasteiger partial charge is 0.137 e. The van der Waals surface area contributed by atoms with Crippen molar-refractivity contribution in [2.24, 2.45) is 5.92 Å². The van der Waals surface area contributed by atoms with Crippen LogP contribution in [0.5, 0.6) is 0 Å². The van der Waals surface area contributed by atoms with Crippen molar-refractivity contribution < 1.29 is 4.79 Å². The van der Waals surface area contributed by atoms with Crippen LogP contribution in [0.3, 0.4) is 0 Å². The monoisotopic (exact) mass is 245 g/mol. The van der Waals surface area contributed by atoms with Crippen LogP contribution in [0.4, 0.5) is 0 Å². The van der Waals surface area contributed by atoms with Crippen molar-refractivity contribution in [1.29, 1.82) is 0 Å². The predicted molar refractivity (Wildman–Crippen MR) is 71.5 cm³/mol. The molecule has 0 bridgehead atoms. The normalized spacial score (nSPS) is 16.0. The lowest BCUT2D eigenvalue weighted by atomic mass is 9.94. The lowest BCUT2D eigenvalue weighted by Crippen LogP contribution is -2.43.